The molecule has 5 nitrogen and oxygen atoms in total. The highest BCUT2D eigenvalue weighted by molar-refractivity contribution is 7.09. The molecule has 0 fully saturated rings. The van der Waals surface area contributed by atoms with E-state index in [9.17, 15) is 0 Å². The molecule has 0 saturated carbocycles. The minimum atomic E-state index is 0.670. The lowest BCUT2D eigenvalue weighted by molar-refractivity contribution is 0.713. The van der Waals surface area contributed by atoms with Crippen LogP contribution in [0.4, 0.5) is 5.69 Å². The normalized spacial score (nSPS) is 10.7. The van der Waals surface area contributed by atoms with Crippen molar-refractivity contribution >= 4 is 17.0 Å². The smallest absolute Gasteiger partial charge is 0.102 e. The van der Waals surface area contributed by atoms with Gasteiger partial charge in [-0.15, -0.1) is 16.4 Å². The molecule has 0 amide bonds. The molecule has 1 N–H and O–H groups in total. The molecule has 3 rings (SSSR count). The van der Waals surface area contributed by atoms with E-state index in [1.54, 1.807) is 16.0 Å². The Morgan fingerprint density at radius 2 is 2.05 bits per heavy atom. The van der Waals surface area contributed by atoms with Crippen LogP contribution in [0.3, 0.4) is 0 Å². The molecule has 0 atom stereocenters. The number of hydrogen-bond acceptors (Lipinski definition) is 5. The molecule has 0 aliphatic rings. The topological polar surface area (TPSA) is 55.6 Å². The van der Waals surface area contributed by atoms with E-state index in [4.69, 9.17) is 0 Å². The first-order chi connectivity index (χ1) is 9.70. The fourth-order valence-corrected chi connectivity index (χ4v) is 2.55. The van der Waals surface area contributed by atoms with Crippen LogP contribution in [-0.4, -0.2) is 20.0 Å². The molecular formula is C14H15N5S. The number of anilines is 1. The lowest BCUT2D eigenvalue weighted by Gasteiger charge is -2.04. The monoisotopic (exact) mass is 285 g/mol. The fraction of sp³-hybridized carbons (Fsp3) is 0.214. The standard InChI is InChI=1S/C14H15N5S/c1-10-16-14(9-20-10)11-3-5-12(6-4-11)15-7-13-8-19(2)18-17-13/h3-6,8-9,15H,7H2,1-2H3. The van der Waals surface area contributed by atoms with Crippen molar-refractivity contribution in [2.24, 2.45) is 7.05 Å². The summed E-state index contributed by atoms with van der Waals surface area (Å²) in [6.07, 6.45) is 1.90. The molecule has 20 heavy (non-hydrogen) atoms. The second-order valence-corrected chi connectivity index (χ2v) is 5.63. The first-order valence-corrected chi connectivity index (χ1v) is 7.20. The zero-order valence-electron chi connectivity index (χ0n) is 11.4. The first kappa shape index (κ1) is 12.8. The molecule has 1 aromatic carbocycles. The Morgan fingerprint density at radius 1 is 1.25 bits per heavy atom. The number of hydrogen-bond donors (Lipinski definition) is 1. The molecule has 0 aliphatic carbocycles. The number of nitrogens with one attached hydrogen (secondary N) is 1. The minimum Gasteiger partial charge on any atom is -0.379 e. The molecule has 0 aliphatic heterocycles. The molecule has 0 unspecified atom stereocenters. The van der Waals surface area contributed by atoms with E-state index in [1.165, 1.54) is 0 Å². The number of aryl methyl sites for hydroxylation is 2. The van der Waals surface area contributed by atoms with Crippen molar-refractivity contribution in [1.82, 2.24) is 20.0 Å². The summed E-state index contributed by atoms with van der Waals surface area (Å²) in [7, 11) is 1.86. The van der Waals surface area contributed by atoms with Crippen molar-refractivity contribution in [3.05, 3.63) is 46.5 Å². The van der Waals surface area contributed by atoms with Crippen molar-refractivity contribution in [1.29, 1.82) is 0 Å². The maximum atomic E-state index is 4.48. The van der Waals surface area contributed by atoms with Gasteiger partial charge in [-0.1, -0.05) is 17.3 Å². The predicted octanol–water partition coefficient (Wildman–Crippen LogP) is 2.86. The SMILES string of the molecule is Cc1nc(-c2ccc(NCc3cn(C)nn3)cc2)cs1. The Balaban J connectivity index is 1.67. The minimum absolute atomic E-state index is 0.670. The zero-order valence-corrected chi connectivity index (χ0v) is 12.2. The van der Waals surface area contributed by atoms with Crippen molar-refractivity contribution in [2.45, 2.75) is 13.5 Å². The number of aromatic nitrogens is 4. The van der Waals surface area contributed by atoms with Crippen LogP contribution in [0.25, 0.3) is 11.3 Å². The Hall–Kier alpha value is -2.21. The van der Waals surface area contributed by atoms with Gasteiger partial charge in [-0.3, -0.25) is 4.68 Å². The van der Waals surface area contributed by atoms with Gasteiger partial charge < -0.3 is 5.32 Å². The average Bonchev–Trinajstić information content (AvgIpc) is 3.06. The molecule has 2 aromatic heterocycles. The quantitative estimate of drug-likeness (QED) is 0.801. The third kappa shape index (κ3) is 2.85. The molecule has 0 bridgehead atoms. The van der Waals surface area contributed by atoms with Gasteiger partial charge in [-0.2, -0.15) is 0 Å². The van der Waals surface area contributed by atoms with Gasteiger partial charge in [-0.25, -0.2) is 4.98 Å². The molecule has 0 saturated heterocycles. The van der Waals surface area contributed by atoms with E-state index in [2.05, 4.69) is 50.3 Å². The van der Waals surface area contributed by atoms with Gasteiger partial charge in [0.2, 0.25) is 0 Å². The maximum Gasteiger partial charge on any atom is 0.102 e. The lowest BCUT2D eigenvalue weighted by atomic mass is 10.1. The number of thiazole rings is 1. The van der Waals surface area contributed by atoms with Crippen molar-refractivity contribution < 1.29 is 0 Å². The highest BCUT2D eigenvalue weighted by Gasteiger charge is 2.02. The van der Waals surface area contributed by atoms with Crippen molar-refractivity contribution in [3.63, 3.8) is 0 Å². The summed E-state index contributed by atoms with van der Waals surface area (Å²) >= 11 is 1.67. The van der Waals surface area contributed by atoms with Gasteiger partial charge in [0.05, 0.1) is 17.2 Å². The van der Waals surface area contributed by atoms with Gasteiger partial charge in [0.25, 0.3) is 0 Å². The second-order valence-electron chi connectivity index (χ2n) is 4.57. The Morgan fingerprint density at radius 3 is 2.65 bits per heavy atom. The average molecular weight is 285 g/mol. The molecule has 0 spiro atoms. The summed E-state index contributed by atoms with van der Waals surface area (Å²) in [6, 6.07) is 8.27. The number of benzene rings is 1. The van der Waals surface area contributed by atoms with E-state index in [-0.39, 0.29) is 0 Å². The van der Waals surface area contributed by atoms with E-state index in [0.29, 0.717) is 6.54 Å². The van der Waals surface area contributed by atoms with E-state index in [0.717, 1.165) is 27.6 Å². The van der Waals surface area contributed by atoms with E-state index < -0.39 is 0 Å². The van der Waals surface area contributed by atoms with Crippen LogP contribution in [0.15, 0.2) is 35.8 Å². The number of nitrogens with zero attached hydrogens (tertiary/aromatic N) is 4. The van der Waals surface area contributed by atoms with Crippen LogP contribution in [-0.2, 0) is 13.6 Å². The fourth-order valence-electron chi connectivity index (χ4n) is 1.92. The van der Waals surface area contributed by atoms with Crippen LogP contribution in [0.1, 0.15) is 10.7 Å². The highest BCUT2D eigenvalue weighted by atomic mass is 32.1. The van der Waals surface area contributed by atoms with Crippen LogP contribution >= 0.6 is 11.3 Å². The summed E-state index contributed by atoms with van der Waals surface area (Å²) in [4.78, 5) is 4.48. The zero-order chi connectivity index (χ0) is 13.9. The van der Waals surface area contributed by atoms with Gasteiger partial charge in [0, 0.05) is 29.9 Å². The Labute approximate surface area is 121 Å². The van der Waals surface area contributed by atoms with Crippen LogP contribution in [0, 0.1) is 6.92 Å². The van der Waals surface area contributed by atoms with Gasteiger partial charge in [0.15, 0.2) is 0 Å². The van der Waals surface area contributed by atoms with Gasteiger partial charge in [0.1, 0.15) is 5.69 Å². The molecule has 0 radical (unpaired) electrons. The summed E-state index contributed by atoms with van der Waals surface area (Å²) in [5, 5.41) is 14.4. The van der Waals surface area contributed by atoms with Gasteiger partial charge in [-0.05, 0) is 19.1 Å². The largest absolute Gasteiger partial charge is 0.379 e. The number of rotatable bonds is 4. The Kier molecular flexibility index (Phi) is 3.47. The third-order valence-corrected chi connectivity index (χ3v) is 3.70. The van der Waals surface area contributed by atoms with E-state index in [1.807, 2.05) is 20.2 Å². The third-order valence-electron chi connectivity index (χ3n) is 2.92. The predicted molar refractivity (Wildman–Crippen MR) is 80.6 cm³/mol. The van der Waals surface area contributed by atoms with Crippen LogP contribution < -0.4 is 5.32 Å². The molecule has 2 heterocycles. The van der Waals surface area contributed by atoms with Crippen molar-refractivity contribution in [3.8, 4) is 11.3 Å². The maximum absolute atomic E-state index is 4.48. The molecule has 3 aromatic rings. The van der Waals surface area contributed by atoms with Crippen LogP contribution in [0.2, 0.25) is 0 Å². The summed E-state index contributed by atoms with van der Waals surface area (Å²) in [6.45, 7) is 2.69. The summed E-state index contributed by atoms with van der Waals surface area (Å²) in [5.74, 6) is 0. The van der Waals surface area contributed by atoms with Gasteiger partial charge >= 0.3 is 0 Å². The molecular weight excluding hydrogens is 270 g/mol. The van der Waals surface area contributed by atoms with Crippen molar-refractivity contribution in [2.75, 3.05) is 5.32 Å². The highest BCUT2D eigenvalue weighted by Crippen LogP contribution is 2.23. The Bertz CT molecular complexity index is 698. The second kappa shape index (κ2) is 5.42. The summed E-state index contributed by atoms with van der Waals surface area (Å²) < 4.78 is 1.70. The van der Waals surface area contributed by atoms with Crippen LogP contribution in [0.5, 0.6) is 0 Å². The van der Waals surface area contributed by atoms with E-state index >= 15 is 0 Å². The molecule has 6 heteroatoms. The first-order valence-electron chi connectivity index (χ1n) is 6.32. The summed E-state index contributed by atoms with van der Waals surface area (Å²) in [5.41, 5.74) is 4.16. The lowest BCUT2D eigenvalue weighted by Crippen LogP contribution is -1.99. The molecule has 102 valence electrons.